The van der Waals surface area contributed by atoms with Gasteiger partial charge in [0.25, 0.3) is 14.8 Å². The van der Waals surface area contributed by atoms with E-state index < -0.39 is 25.7 Å². The number of hydrogen-bond donors (Lipinski definition) is 0. The molecule has 0 rings (SSSR count). The van der Waals surface area contributed by atoms with Crippen molar-refractivity contribution in [2.45, 2.75) is 10.9 Å². The summed E-state index contributed by atoms with van der Waals surface area (Å²) in [6, 6.07) is 0. The Balaban J connectivity index is 4.77. The van der Waals surface area contributed by atoms with Crippen LogP contribution in [0.5, 0.6) is 0 Å². The average molecular weight is 245 g/mol. The zero-order chi connectivity index (χ0) is 10.2. The number of rotatable bonds is 2. The van der Waals surface area contributed by atoms with Crippen molar-refractivity contribution in [3.05, 3.63) is 0 Å². The lowest BCUT2D eigenvalue weighted by molar-refractivity contribution is -0.168. The van der Waals surface area contributed by atoms with Gasteiger partial charge in [-0.3, -0.25) is 4.79 Å². The molecule has 72 valence electrons. The molecule has 1 unspecified atom stereocenters. The van der Waals surface area contributed by atoms with Gasteiger partial charge in [0.05, 0.1) is 0 Å². The number of halogens is 5. The van der Waals surface area contributed by atoms with Crippen molar-refractivity contribution in [3.8, 4) is 0 Å². The molecule has 0 aliphatic carbocycles. The Morgan fingerprint density at radius 3 is 1.75 bits per heavy atom. The van der Waals surface area contributed by atoms with E-state index in [4.69, 9.17) is 0 Å². The Morgan fingerprint density at radius 1 is 1.33 bits per heavy atom. The molecule has 0 amide bonds. The molecule has 0 bridgehead atoms. The van der Waals surface area contributed by atoms with Gasteiger partial charge < -0.3 is 0 Å². The van der Waals surface area contributed by atoms with Gasteiger partial charge in [-0.05, 0) is 0 Å². The van der Waals surface area contributed by atoms with Gasteiger partial charge in [0.2, 0.25) is 4.71 Å². The van der Waals surface area contributed by atoms with Crippen LogP contribution in [0, 0.1) is 0 Å². The van der Waals surface area contributed by atoms with Gasteiger partial charge in [0.15, 0.2) is 0 Å². The Hall–Kier alpha value is -0.0100. The molecule has 1 atom stereocenters. The van der Waals surface area contributed by atoms with E-state index in [1.165, 1.54) is 0 Å². The van der Waals surface area contributed by atoms with Gasteiger partial charge in [0.1, 0.15) is 0 Å². The van der Waals surface area contributed by atoms with Crippen molar-refractivity contribution < 1.29 is 26.4 Å². The van der Waals surface area contributed by atoms with Crippen molar-refractivity contribution >= 4 is 37.1 Å². The minimum absolute atomic E-state index is 2.60. The second-order valence-corrected chi connectivity index (χ2v) is 5.06. The summed E-state index contributed by atoms with van der Waals surface area (Å²) in [5.74, 6) is -2.60. The fraction of sp³-hybridized carbons (Fsp3) is 0.667. The van der Waals surface area contributed by atoms with Gasteiger partial charge in [-0.15, -0.1) is 0 Å². The van der Waals surface area contributed by atoms with Crippen molar-refractivity contribution in [2.24, 2.45) is 0 Å². The van der Waals surface area contributed by atoms with Crippen LogP contribution in [0.25, 0.3) is 0 Å². The molecule has 0 N–H and O–H groups in total. The molecule has 0 spiro atoms. The number of Topliss-reactive ketones (excluding diaryl/α,β-unsaturated/α-hetero) is 1. The molecule has 0 aromatic carbocycles. The zero-order valence-corrected chi connectivity index (χ0v) is 7.43. The number of ketones is 1. The Labute approximate surface area is 74.9 Å². The van der Waals surface area contributed by atoms with E-state index in [9.17, 15) is 26.4 Å². The first-order chi connectivity index (χ1) is 5.07. The van der Waals surface area contributed by atoms with E-state index in [0.29, 0.717) is 0 Å². The predicted molar refractivity (Wildman–Crippen MR) is 35.5 cm³/mol. The molecule has 0 aliphatic heterocycles. The summed E-state index contributed by atoms with van der Waals surface area (Å²) < 4.78 is 51.9. The van der Waals surface area contributed by atoms with Crippen LogP contribution in [0.1, 0.15) is 0 Å². The van der Waals surface area contributed by atoms with E-state index in [0.717, 1.165) is 0 Å². The number of carbonyl (C=O) groups is 1. The van der Waals surface area contributed by atoms with Crippen molar-refractivity contribution in [3.63, 3.8) is 0 Å². The number of alkyl halides is 4. The molecule has 0 aromatic heterocycles. The number of carbonyl (C=O) groups excluding carboxylic acids is 1. The molecule has 0 aromatic rings. The average Bonchev–Trinajstić information content (AvgIpc) is 1.80. The first-order valence-corrected chi connectivity index (χ1v) is 5.06. The normalized spacial score (nSPS) is 15.8. The van der Waals surface area contributed by atoms with Crippen LogP contribution in [-0.2, 0) is 13.8 Å². The van der Waals surface area contributed by atoms with Crippen LogP contribution in [0.2, 0.25) is 0 Å². The largest absolute Gasteiger partial charge is 0.452 e. The predicted octanol–water partition coefficient (Wildman–Crippen LogP) is 1.25. The summed E-state index contributed by atoms with van der Waals surface area (Å²) in [6.07, 6.45) is -5.30. The Morgan fingerprint density at radius 2 is 1.67 bits per heavy atom. The highest BCUT2D eigenvalue weighted by Gasteiger charge is 2.47. The third-order valence-electron chi connectivity index (χ3n) is 0.733. The maximum absolute atomic E-state index is 11.5. The van der Waals surface area contributed by atoms with Crippen molar-refractivity contribution in [1.29, 1.82) is 0 Å². The van der Waals surface area contributed by atoms with Crippen LogP contribution in [0.3, 0.4) is 0 Å². The minimum atomic E-state index is -5.30. The molecule has 0 aliphatic rings. The first kappa shape index (κ1) is 12.0. The summed E-state index contributed by atoms with van der Waals surface area (Å²) in [6.45, 7) is 0. The first-order valence-electron chi connectivity index (χ1n) is 2.25. The lowest BCUT2D eigenvalue weighted by Crippen LogP contribution is -2.34. The molecule has 3 nitrogen and oxygen atoms in total. The smallest absolute Gasteiger partial charge is 0.287 e. The molecule has 0 fully saturated rings. The standard InChI is InChI=1S/C3HCl2F3O3S/c4-2(12(5,10)11)1(9)3(6,7)8/h2H. The molecule has 0 radical (unpaired) electrons. The SMILES string of the molecule is O=C(C(Cl)S(=O)(=O)Cl)C(F)(F)F. The van der Waals surface area contributed by atoms with E-state index in [2.05, 4.69) is 22.3 Å². The van der Waals surface area contributed by atoms with Crippen molar-refractivity contribution in [2.75, 3.05) is 0 Å². The number of hydrogen-bond acceptors (Lipinski definition) is 3. The van der Waals surface area contributed by atoms with Crippen LogP contribution in [-0.4, -0.2) is 25.1 Å². The lowest BCUT2D eigenvalue weighted by atomic mass is 10.4. The Bertz CT molecular complexity index is 282. The van der Waals surface area contributed by atoms with Gasteiger partial charge in [-0.2, -0.15) is 13.2 Å². The van der Waals surface area contributed by atoms with Gasteiger partial charge in [-0.25, -0.2) is 8.42 Å². The monoisotopic (exact) mass is 244 g/mol. The van der Waals surface area contributed by atoms with E-state index in [-0.39, 0.29) is 0 Å². The maximum atomic E-state index is 11.5. The summed E-state index contributed by atoms with van der Waals surface area (Å²) in [5.41, 5.74) is 0. The molecule has 0 saturated carbocycles. The van der Waals surface area contributed by atoms with Crippen LogP contribution in [0.15, 0.2) is 0 Å². The van der Waals surface area contributed by atoms with Gasteiger partial charge >= 0.3 is 6.18 Å². The Kier molecular flexibility index (Phi) is 3.39. The second-order valence-electron chi connectivity index (χ2n) is 1.65. The van der Waals surface area contributed by atoms with Crippen LogP contribution in [0.4, 0.5) is 13.2 Å². The highest BCUT2D eigenvalue weighted by Crippen LogP contribution is 2.24. The lowest BCUT2D eigenvalue weighted by Gasteiger charge is -2.06. The molecule has 0 saturated heterocycles. The summed E-state index contributed by atoms with van der Waals surface area (Å²) >= 11 is 4.60. The molecule has 0 heterocycles. The van der Waals surface area contributed by atoms with E-state index in [1.807, 2.05) is 0 Å². The van der Waals surface area contributed by atoms with Gasteiger partial charge in [0, 0.05) is 10.7 Å². The molecular weight excluding hydrogens is 244 g/mol. The second kappa shape index (κ2) is 3.39. The van der Waals surface area contributed by atoms with E-state index in [1.54, 1.807) is 0 Å². The highest BCUT2D eigenvalue weighted by atomic mass is 35.7. The minimum Gasteiger partial charge on any atom is -0.287 e. The fourth-order valence-electron chi connectivity index (χ4n) is 0.257. The quantitative estimate of drug-likeness (QED) is 0.543. The fourth-order valence-corrected chi connectivity index (χ4v) is 1.01. The summed E-state index contributed by atoms with van der Waals surface area (Å²) in [7, 11) is -0.313. The maximum Gasteiger partial charge on any atom is 0.452 e. The highest BCUT2D eigenvalue weighted by molar-refractivity contribution is 8.15. The van der Waals surface area contributed by atoms with Crippen molar-refractivity contribution in [1.82, 2.24) is 0 Å². The molecule has 12 heavy (non-hydrogen) atoms. The third kappa shape index (κ3) is 3.16. The van der Waals surface area contributed by atoms with E-state index >= 15 is 0 Å². The topological polar surface area (TPSA) is 51.2 Å². The summed E-state index contributed by atoms with van der Waals surface area (Å²) in [5, 5.41) is 0. The molecule has 9 heteroatoms. The zero-order valence-electron chi connectivity index (χ0n) is 5.10. The van der Waals surface area contributed by atoms with Crippen LogP contribution < -0.4 is 0 Å². The molecular formula is C3HCl2F3O3S. The van der Waals surface area contributed by atoms with Gasteiger partial charge in [-0.1, -0.05) is 11.6 Å². The summed E-state index contributed by atoms with van der Waals surface area (Å²) in [4.78, 5) is 10.1. The third-order valence-corrected chi connectivity index (χ3v) is 3.15. The van der Waals surface area contributed by atoms with Crippen LogP contribution >= 0.6 is 22.3 Å².